The zero-order valence-corrected chi connectivity index (χ0v) is 15.4. The van der Waals surface area contributed by atoms with Gasteiger partial charge in [0.25, 0.3) is 11.8 Å². The first kappa shape index (κ1) is 18.4. The van der Waals surface area contributed by atoms with Crippen LogP contribution in [-0.2, 0) is 0 Å². The van der Waals surface area contributed by atoms with Crippen LogP contribution in [0.25, 0.3) is 0 Å². The van der Waals surface area contributed by atoms with Crippen molar-refractivity contribution in [2.45, 2.75) is 13.8 Å². The topological polar surface area (TPSA) is 87.7 Å². The Labute approximate surface area is 157 Å². The average Bonchev–Trinajstić information content (AvgIpc) is 2.86. The van der Waals surface area contributed by atoms with Gasteiger partial charge in [0.05, 0.1) is 18.2 Å². The molecule has 27 heavy (non-hydrogen) atoms. The van der Waals surface area contributed by atoms with E-state index in [-0.39, 0.29) is 17.7 Å². The van der Waals surface area contributed by atoms with Gasteiger partial charge in [0.15, 0.2) is 0 Å². The lowest BCUT2D eigenvalue weighted by Crippen LogP contribution is -2.33. The Bertz CT molecular complexity index is 891. The fraction of sp³-hybridized carbons (Fsp3) is 0.250. The van der Waals surface area contributed by atoms with Crippen molar-refractivity contribution in [3.63, 3.8) is 0 Å². The number of imide groups is 1. The van der Waals surface area contributed by atoms with E-state index in [1.807, 2.05) is 13.8 Å². The third-order valence-electron chi connectivity index (χ3n) is 4.12. The minimum Gasteiger partial charge on any atom is -0.497 e. The van der Waals surface area contributed by atoms with Crippen molar-refractivity contribution >= 4 is 29.2 Å². The fourth-order valence-electron chi connectivity index (χ4n) is 2.87. The molecule has 1 aliphatic rings. The molecule has 7 nitrogen and oxygen atoms in total. The van der Waals surface area contributed by atoms with Crippen molar-refractivity contribution in [2.24, 2.45) is 5.92 Å². The summed E-state index contributed by atoms with van der Waals surface area (Å²) in [7, 11) is 1.57. The minimum absolute atomic E-state index is 0.181. The maximum atomic E-state index is 12.5. The Hall–Kier alpha value is -3.35. The maximum Gasteiger partial charge on any atom is 0.323 e. The average molecular weight is 367 g/mol. The van der Waals surface area contributed by atoms with Crippen molar-refractivity contribution in [3.8, 4) is 5.75 Å². The number of rotatable bonds is 5. The summed E-state index contributed by atoms with van der Waals surface area (Å²) in [5.74, 6) is 0.245. The molecule has 7 heteroatoms. The van der Waals surface area contributed by atoms with Crippen LogP contribution in [0, 0.1) is 5.92 Å². The second-order valence-electron chi connectivity index (χ2n) is 6.68. The third kappa shape index (κ3) is 3.92. The summed E-state index contributed by atoms with van der Waals surface area (Å²) in [6, 6.07) is 11.2. The fourth-order valence-corrected chi connectivity index (χ4v) is 2.87. The van der Waals surface area contributed by atoms with Gasteiger partial charge >= 0.3 is 6.03 Å². The Balaban J connectivity index is 1.70. The molecular weight excluding hydrogens is 346 g/mol. The number of ether oxygens (including phenoxy) is 1. The first-order valence-corrected chi connectivity index (χ1v) is 8.61. The van der Waals surface area contributed by atoms with Crippen LogP contribution in [0.3, 0.4) is 0 Å². The normalized spacial score (nSPS) is 13.0. The van der Waals surface area contributed by atoms with Gasteiger partial charge in [-0.3, -0.25) is 14.5 Å². The third-order valence-corrected chi connectivity index (χ3v) is 4.12. The number of hydrogen-bond donors (Lipinski definition) is 2. The predicted molar refractivity (Wildman–Crippen MR) is 102 cm³/mol. The molecule has 2 aromatic carbocycles. The molecule has 1 heterocycles. The number of hydrogen-bond acceptors (Lipinski definition) is 4. The molecule has 140 valence electrons. The van der Waals surface area contributed by atoms with E-state index in [0.717, 1.165) is 0 Å². The molecule has 4 amide bonds. The van der Waals surface area contributed by atoms with E-state index in [9.17, 15) is 14.4 Å². The Morgan fingerprint density at radius 3 is 2.19 bits per heavy atom. The number of amides is 4. The van der Waals surface area contributed by atoms with E-state index < -0.39 is 6.03 Å². The van der Waals surface area contributed by atoms with Crippen molar-refractivity contribution in [2.75, 3.05) is 24.3 Å². The number of urea groups is 1. The van der Waals surface area contributed by atoms with Gasteiger partial charge in [-0.05, 0) is 48.4 Å². The van der Waals surface area contributed by atoms with E-state index >= 15 is 0 Å². The highest BCUT2D eigenvalue weighted by atomic mass is 16.5. The van der Waals surface area contributed by atoms with Crippen LogP contribution in [-0.4, -0.2) is 36.4 Å². The van der Waals surface area contributed by atoms with Gasteiger partial charge in [0, 0.05) is 17.9 Å². The number of carbonyl (C=O) groups excluding carboxylic acids is 3. The highest BCUT2D eigenvalue weighted by Gasteiger charge is 2.35. The van der Waals surface area contributed by atoms with Crippen molar-refractivity contribution < 1.29 is 19.1 Å². The Kier molecular flexibility index (Phi) is 5.12. The Morgan fingerprint density at radius 1 is 0.963 bits per heavy atom. The number of nitrogens with zero attached hydrogens (tertiary/aromatic N) is 1. The molecule has 0 aliphatic carbocycles. The van der Waals surface area contributed by atoms with Crippen molar-refractivity contribution in [1.29, 1.82) is 0 Å². The lowest BCUT2D eigenvalue weighted by Gasteiger charge is -2.15. The van der Waals surface area contributed by atoms with E-state index in [4.69, 9.17) is 4.74 Å². The number of benzene rings is 2. The van der Waals surface area contributed by atoms with Gasteiger partial charge in [-0.1, -0.05) is 13.8 Å². The minimum atomic E-state index is -0.448. The summed E-state index contributed by atoms with van der Waals surface area (Å²) in [4.78, 5) is 38.3. The summed E-state index contributed by atoms with van der Waals surface area (Å²) >= 11 is 0. The van der Waals surface area contributed by atoms with E-state index in [2.05, 4.69) is 10.6 Å². The predicted octanol–water partition coefficient (Wildman–Crippen LogP) is 3.59. The molecule has 0 radical (unpaired) electrons. The number of fused-ring (bicyclic) bond motifs is 1. The highest BCUT2D eigenvalue weighted by Crippen LogP contribution is 2.26. The molecule has 1 aliphatic heterocycles. The van der Waals surface area contributed by atoms with Gasteiger partial charge in [-0.2, -0.15) is 0 Å². The lowest BCUT2D eigenvalue weighted by atomic mass is 10.1. The van der Waals surface area contributed by atoms with Crippen LogP contribution in [0.4, 0.5) is 16.2 Å². The second kappa shape index (κ2) is 7.49. The van der Waals surface area contributed by atoms with Crippen LogP contribution in [0.2, 0.25) is 0 Å². The first-order valence-electron chi connectivity index (χ1n) is 8.61. The van der Waals surface area contributed by atoms with Crippen molar-refractivity contribution in [3.05, 3.63) is 53.6 Å². The molecule has 0 unspecified atom stereocenters. The van der Waals surface area contributed by atoms with E-state index in [1.54, 1.807) is 43.5 Å². The zero-order chi connectivity index (χ0) is 19.6. The number of anilines is 2. The van der Waals surface area contributed by atoms with Crippen LogP contribution < -0.4 is 15.4 Å². The molecule has 3 rings (SSSR count). The number of nitrogens with one attached hydrogen (secondary N) is 2. The highest BCUT2D eigenvalue weighted by molar-refractivity contribution is 6.22. The van der Waals surface area contributed by atoms with Crippen LogP contribution in [0.5, 0.6) is 5.75 Å². The van der Waals surface area contributed by atoms with Crippen LogP contribution >= 0.6 is 0 Å². The number of carbonyl (C=O) groups is 3. The van der Waals surface area contributed by atoms with Gasteiger partial charge in [-0.15, -0.1) is 0 Å². The van der Waals surface area contributed by atoms with Gasteiger partial charge in [0.2, 0.25) is 0 Å². The SMILES string of the molecule is COc1ccc(NC(=O)Nc2ccc3c(c2)C(=O)N(CC(C)C)C3=O)cc1. The summed E-state index contributed by atoms with van der Waals surface area (Å²) in [6.45, 7) is 4.26. The molecule has 2 N–H and O–H groups in total. The summed E-state index contributed by atoms with van der Waals surface area (Å²) in [5, 5.41) is 5.37. The molecule has 2 aromatic rings. The smallest absolute Gasteiger partial charge is 0.323 e. The maximum absolute atomic E-state index is 12.5. The largest absolute Gasteiger partial charge is 0.497 e. The molecule has 0 saturated carbocycles. The van der Waals surface area contributed by atoms with Gasteiger partial charge in [-0.25, -0.2) is 4.79 Å². The monoisotopic (exact) mass is 367 g/mol. The quantitative estimate of drug-likeness (QED) is 0.791. The van der Waals surface area contributed by atoms with Crippen LogP contribution in [0.15, 0.2) is 42.5 Å². The zero-order valence-electron chi connectivity index (χ0n) is 15.4. The molecule has 0 atom stereocenters. The van der Waals surface area contributed by atoms with Gasteiger partial charge < -0.3 is 15.4 Å². The molecule has 0 aromatic heterocycles. The summed E-state index contributed by atoms with van der Waals surface area (Å²) in [5.41, 5.74) is 1.71. The molecule has 0 bridgehead atoms. The van der Waals surface area contributed by atoms with Gasteiger partial charge in [0.1, 0.15) is 5.75 Å². The molecular formula is C20H21N3O4. The van der Waals surface area contributed by atoms with Crippen molar-refractivity contribution in [1.82, 2.24) is 4.90 Å². The van der Waals surface area contributed by atoms with E-state index in [1.165, 1.54) is 11.0 Å². The summed E-state index contributed by atoms with van der Waals surface area (Å²) in [6.07, 6.45) is 0. The molecule has 0 fully saturated rings. The second-order valence-corrected chi connectivity index (χ2v) is 6.68. The first-order chi connectivity index (χ1) is 12.9. The standard InChI is InChI=1S/C20H21N3O4/c1-12(2)11-23-18(24)16-9-6-14(10-17(16)19(23)25)22-20(26)21-13-4-7-15(27-3)8-5-13/h4-10,12H,11H2,1-3H3,(H2,21,22,26). The summed E-state index contributed by atoms with van der Waals surface area (Å²) < 4.78 is 5.07. The molecule has 0 saturated heterocycles. The lowest BCUT2D eigenvalue weighted by molar-refractivity contribution is 0.0636. The van der Waals surface area contributed by atoms with Crippen LogP contribution in [0.1, 0.15) is 34.6 Å². The Morgan fingerprint density at radius 2 is 1.56 bits per heavy atom. The number of methoxy groups -OCH3 is 1. The van der Waals surface area contributed by atoms with E-state index in [0.29, 0.717) is 34.8 Å². The molecule has 0 spiro atoms.